The van der Waals surface area contributed by atoms with Gasteiger partial charge in [-0.15, -0.1) is 0 Å². The Morgan fingerprint density at radius 3 is 2.61 bits per heavy atom. The second-order valence-electron chi connectivity index (χ2n) is 6.16. The fourth-order valence-electron chi connectivity index (χ4n) is 2.73. The van der Waals surface area contributed by atoms with Crippen LogP contribution in [0.15, 0.2) is 47.4 Å². The topological polar surface area (TPSA) is 93.7 Å². The van der Waals surface area contributed by atoms with E-state index >= 15 is 0 Å². The number of amides is 1. The first-order valence-electron chi connectivity index (χ1n) is 8.85. The van der Waals surface area contributed by atoms with Gasteiger partial charge in [-0.3, -0.25) is 4.79 Å². The average molecular weight is 425 g/mol. The molecule has 1 amide bonds. The second kappa shape index (κ2) is 9.27. The van der Waals surface area contributed by atoms with Crippen LogP contribution in [0.25, 0.3) is 0 Å². The average Bonchev–Trinajstić information content (AvgIpc) is 2.69. The molecule has 0 saturated heterocycles. The quantitative estimate of drug-likeness (QED) is 0.677. The number of hydrogen-bond acceptors (Lipinski definition) is 5. The van der Waals surface area contributed by atoms with E-state index in [1.807, 2.05) is 6.07 Å². The second-order valence-corrected chi connectivity index (χ2v) is 8.34. The molecule has 0 fully saturated rings. The first-order chi connectivity index (χ1) is 13.5. The van der Waals surface area contributed by atoms with Crippen LogP contribution < -0.4 is 19.5 Å². The van der Waals surface area contributed by atoms with Gasteiger partial charge < -0.3 is 14.8 Å². The third-order valence-corrected chi connectivity index (χ3v) is 5.85. The molecule has 0 aliphatic carbocycles. The molecule has 2 N–H and O–H groups in total. The summed E-state index contributed by atoms with van der Waals surface area (Å²) in [5.41, 5.74) is 0.916. The first kappa shape index (κ1) is 20.4. The van der Waals surface area contributed by atoms with E-state index in [0.717, 1.165) is 5.56 Å². The van der Waals surface area contributed by atoms with Crippen molar-refractivity contribution in [3.8, 4) is 11.5 Å². The molecule has 1 aliphatic rings. The van der Waals surface area contributed by atoms with Gasteiger partial charge in [0.05, 0.1) is 9.92 Å². The zero-order chi connectivity index (χ0) is 20.0. The maximum Gasteiger partial charge on any atom is 0.240 e. The molecular weight excluding hydrogens is 404 g/mol. The van der Waals surface area contributed by atoms with Gasteiger partial charge in [0.1, 0.15) is 13.2 Å². The summed E-state index contributed by atoms with van der Waals surface area (Å²) >= 11 is 6.19. The molecular formula is C19H21ClN2O5S. The van der Waals surface area contributed by atoms with Crippen molar-refractivity contribution in [2.75, 3.05) is 26.3 Å². The Balaban J connectivity index is 1.42. The third kappa shape index (κ3) is 5.37. The van der Waals surface area contributed by atoms with Gasteiger partial charge in [-0.05, 0) is 36.2 Å². The lowest BCUT2D eigenvalue weighted by atomic mass is 10.1. The molecule has 2 aromatic carbocycles. The van der Waals surface area contributed by atoms with Crippen molar-refractivity contribution in [3.05, 3.63) is 53.1 Å². The van der Waals surface area contributed by atoms with E-state index in [1.54, 1.807) is 24.3 Å². The summed E-state index contributed by atoms with van der Waals surface area (Å²) in [6.45, 7) is 1.37. The van der Waals surface area contributed by atoms with Crippen LogP contribution in [-0.2, 0) is 21.2 Å². The SMILES string of the molecule is O=C(CCNS(=O)(=O)c1ccccc1)NCCc1cc(Cl)c2c(c1)OCCO2. The molecule has 3 rings (SSSR count). The largest absolute Gasteiger partial charge is 0.486 e. The van der Waals surface area contributed by atoms with Crippen LogP contribution in [0.3, 0.4) is 0 Å². The van der Waals surface area contributed by atoms with Crippen LogP contribution in [0.2, 0.25) is 5.02 Å². The van der Waals surface area contributed by atoms with Gasteiger partial charge in [0, 0.05) is 19.5 Å². The maximum absolute atomic E-state index is 12.1. The van der Waals surface area contributed by atoms with E-state index in [9.17, 15) is 13.2 Å². The van der Waals surface area contributed by atoms with Crippen molar-refractivity contribution in [1.82, 2.24) is 10.0 Å². The first-order valence-corrected chi connectivity index (χ1v) is 10.7. The standard InChI is InChI=1S/C19H21ClN2O5S/c20-16-12-14(13-17-19(16)27-11-10-26-17)6-8-21-18(23)7-9-22-28(24,25)15-4-2-1-3-5-15/h1-5,12-13,22H,6-11H2,(H,21,23). The Labute approximate surface area is 169 Å². The van der Waals surface area contributed by atoms with E-state index < -0.39 is 10.0 Å². The number of sulfonamides is 1. The zero-order valence-corrected chi connectivity index (χ0v) is 16.7. The Kier molecular flexibility index (Phi) is 6.77. The highest BCUT2D eigenvalue weighted by Gasteiger charge is 2.17. The third-order valence-electron chi connectivity index (χ3n) is 4.09. The zero-order valence-electron chi connectivity index (χ0n) is 15.1. The molecule has 7 nitrogen and oxygen atoms in total. The molecule has 1 heterocycles. The normalized spacial score (nSPS) is 13.2. The van der Waals surface area contributed by atoms with Gasteiger partial charge in [-0.1, -0.05) is 29.8 Å². The van der Waals surface area contributed by atoms with Crippen molar-refractivity contribution in [1.29, 1.82) is 0 Å². The summed E-state index contributed by atoms with van der Waals surface area (Å²) in [4.78, 5) is 12.1. The number of fused-ring (bicyclic) bond motifs is 1. The summed E-state index contributed by atoms with van der Waals surface area (Å²) in [6.07, 6.45) is 0.617. The number of benzene rings is 2. The molecule has 0 saturated carbocycles. The van der Waals surface area contributed by atoms with Gasteiger partial charge in [-0.25, -0.2) is 13.1 Å². The molecule has 2 aromatic rings. The number of nitrogens with one attached hydrogen (secondary N) is 2. The number of ether oxygens (including phenoxy) is 2. The van der Waals surface area contributed by atoms with Crippen LogP contribution in [-0.4, -0.2) is 40.6 Å². The lowest BCUT2D eigenvalue weighted by Gasteiger charge is -2.20. The minimum absolute atomic E-state index is 0.0267. The highest BCUT2D eigenvalue weighted by atomic mass is 35.5. The number of carbonyl (C=O) groups is 1. The molecule has 0 radical (unpaired) electrons. The molecule has 1 aliphatic heterocycles. The minimum Gasteiger partial charge on any atom is -0.486 e. The van der Waals surface area contributed by atoms with Crippen LogP contribution >= 0.6 is 11.6 Å². The van der Waals surface area contributed by atoms with Crippen molar-refractivity contribution in [3.63, 3.8) is 0 Å². The smallest absolute Gasteiger partial charge is 0.240 e. The molecule has 9 heteroatoms. The predicted molar refractivity (Wildman–Crippen MR) is 105 cm³/mol. The fourth-order valence-corrected chi connectivity index (χ4v) is 4.07. The number of carbonyl (C=O) groups excluding carboxylic acids is 1. The summed E-state index contributed by atoms with van der Waals surface area (Å²) < 4.78 is 37.6. The van der Waals surface area contributed by atoms with E-state index in [4.69, 9.17) is 21.1 Å². The molecule has 0 spiro atoms. The maximum atomic E-state index is 12.1. The number of hydrogen-bond donors (Lipinski definition) is 2. The predicted octanol–water partition coefficient (Wildman–Crippen LogP) is 2.14. The van der Waals surface area contributed by atoms with Crippen molar-refractivity contribution >= 4 is 27.5 Å². The lowest BCUT2D eigenvalue weighted by molar-refractivity contribution is -0.120. The molecule has 0 bridgehead atoms. The number of rotatable bonds is 8. The van der Waals surface area contributed by atoms with E-state index in [1.165, 1.54) is 12.1 Å². The molecule has 0 aromatic heterocycles. The minimum atomic E-state index is -3.60. The van der Waals surface area contributed by atoms with Crippen molar-refractivity contribution in [2.45, 2.75) is 17.7 Å². The fraction of sp³-hybridized carbons (Fsp3) is 0.316. The summed E-state index contributed by atoms with van der Waals surface area (Å²) in [6, 6.07) is 11.7. The molecule has 0 atom stereocenters. The lowest BCUT2D eigenvalue weighted by Crippen LogP contribution is -2.31. The van der Waals surface area contributed by atoms with Crippen LogP contribution in [0.1, 0.15) is 12.0 Å². The van der Waals surface area contributed by atoms with E-state index in [2.05, 4.69) is 10.0 Å². The van der Waals surface area contributed by atoms with Gasteiger partial charge in [0.25, 0.3) is 0 Å². The molecule has 150 valence electrons. The highest BCUT2D eigenvalue weighted by Crippen LogP contribution is 2.38. The Bertz CT molecular complexity index is 935. The number of halogens is 1. The highest BCUT2D eigenvalue weighted by molar-refractivity contribution is 7.89. The van der Waals surface area contributed by atoms with Crippen LogP contribution in [0.5, 0.6) is 11.5 Å². The Morgan fingerprint density at radius 1 is 1.07 bits per heavy atom. The monoisotopic (exact) mass is 424 g/mol. The van der Waals surface area contributed by atoms with Gasteiger partial charge >= 0.3 is 0 Å². The summed E-state index contributed by atoms with van der Waals surface area (Å²) in [7, 11) is -3.60. The van der Waals surface area contributed by atoms with Crippen LogP contribution in [0, 0.1) is 0 Å². The molecule has 0 unspecified atom stereocenters. The Morgan fingerprint density at radius 2 is 1.82 bits per heavy atom. The Hall–Kier alpha value is -2.29. The van der Waals surface area contributed by atoms with E-state index in [-0.39, 0.29) is 23.8 Å². The van der Waals surface area contributed by atoms with Crippen LogP contribution in [0.4, 0.5) is 0 Å². The summed E-state index contributed by atoms with van der Waals surface area (Å²) in [5, 5.41) is 3.25. The molecule has 28 heavy (non-hydrogen) atoms. The van der Waals surface area contributed by atoms with Crippen molar-refractivity contribution in [2.24, 2.45) is 0 Å². The van der Waals surface area contributed by atoms with Gasteiger partial charge in [0.2, 0.25) is 15.9 Å². The van der Waals surface area contributed by atoms with Gasteiger partial charge in [-0.2, -0.15) is 0 Å². The van der Waals surface area contributed by atoms with Gasteiger partial charge in [0.15, 0.2) is 11.5 Å². The van der Waals surface area contributed by atoms with Crippen molar-refractivity contribution < 1.29 is 22.7 Å². The van der Waals surface area contributed by atoms with E-state index in [0.29, 0.717) is 42.7 Å². The summed E-state index contributed by atoms with van der Waals surface area (Å²) in [5.74, 6) is 0.918.